The summed E-state index contributed by atoms with van der Waals surface area (Å²) < 4.78 is 6.65. The van der Waals surface area contributed by atoms with E-state index < -0.39 is 5.91 Å². The Hall–Kier alpha value is -1.33. The van der Waals surface area contributed by atoms with Gasteiger partial charge in [0.1, 0.15) is 12.4 Å². The van der Waals surface area contributed by atoms with E-state index in [1.165, 1.54) is 0 Å². The molecule has 5 heteroatoms. The molecule has 88 valence electrons. The molecule has 1 aromatic carbocycles. The van der Waals surface area contributed by atoms with Crippen LogP contribution in [0.15, 0.2) is 40.2 Å². The molecule has 2 N–H and O–H groups in total. The van der Waals surface area contributed by atoms with Crippen LogP contribution in [0.5, 0.6) is 5.75 Å². The van der Waals surface area contributed by atoms with Crippen LogP contribution < -0.4 is 10.5 Å². The maximum atomic E-state index is 10.9. The Bertz CT molecular complexity index is 522. The van der Waals surface area contributed by atoms with E-state index in [1.807, 2.05) is 11.4 Å². The van der Waals surface area contributed by atoms with Gasteiger partial charge in [-0.05, 0) is 51.6 Å². The molecule has 17 heavy (non-hydrogen) atoms. The minimum Gasteiger partial charge on any atom is -0.488 e. The fourth-order valence-corrected chi connectivity index (χ4v) is 2.67. The second-order valence-electron chi connectivity index (χ2n) is 3.37. The lowest BCUT2D eigenvalue weighted by Gasteiger charge is -2.05. The molecule has 3 nitrogen and oxygen atoms in total. The Balaban J connectivity index is 2.00. The van der Waals surface area contributed by atoms with Gasteiger partial charge in [0.05, 0.1) is 4.88 Å². The van der Waals surface area contributed by atoms with Crippen LogP contribution in [-0.4, -0.2) is 5.91 Å². The lowest BCUT2D eigenvalue weighted by molar-refractivity contribution is 0.100. The number of halogens is 1. The first-order valence-electron chi connectivity index (χ1n) is 4.91. The zero-order valence-electron chi connectivity index (χ0n) is 8.85. The summed E-state index contributed by atoms with van der Waals surface area (Å²) in [7, 11) is 0. The fourth-order valence-electron chi connectivity index (χ4n) is 1.29. The van der Waals surface area contributed by atoms with Crippen molar-refractivity contribution in [2.24, 2.45) is 5.73 Å². The number of hydrogen-bond acceptors (Lipinski definition) is 3. The van der Waals surface area contributed by atoms with Crippen LogP contribution in [0, 0.1) is 0 Å². The number of thiophene rings is 1. The van der Waals surface area contributed by atoms with Gasteiger partial charge in [-0.3, -0.25) is 4.79 Å². The summed E-state index contributed by atoms with van der Waals surface area (Å²) in [5.41, 5.74) is 5.63. The minimum absolute atomic E-state index is 0.433. The van der Waals surface area contributed by atoms with Crippen LogP contribution in [0.3, 0.4) is 0 Å². The van der Waals surface area contributed by atoms with E-state index in [-0.39, 0.29) is 0 Å². The first kappa shape index (κ1) is 12.1. The van der Waals surface area contributed by atoms with Gasteiger partial charge in [0.15, 0.2) is 0 Å². The molecule has 0 unspecified atom stereocenters. The van der Waals surface area contributed by atoms with Gasteiger partial charge in [-0.15, -0.1) is 11.3 Å². The van der Waals surface area contributed by atoms with E-state index in [9.17, 15) is 4.79 Å². The summed E-state index contributed by atoms with van der Waals surface area (Å²) in [5, 5.41) is 2.00. The van der Waals surface area contributed by atoms with Crippen molar-refractivity contribution in [1.82, 2.24) is 0 Å². The van der Waals surface area contributed by atoms with Gasteiger partial charge in [0.25, 0.3) is 0 Å². The molecule has 0 atom stereocenters. The Kier molecular flexibility index (Phi) is 3.81. The fraction of sp³-hybridized carbons (Fsp3) is 0.0833. The molecule has 0 bridgehead atoms. The van der Waals surface area contributed by atoms with Gasteiger partial charge in [0.2, 0.25) is 5.91 Å². The van der Waals surface area contributed by atoms with Crippen molar-refractivity contribution in [2.75, 3.05) is 0 Å². The number of carbonyl (C=O) groups excluding carboxylic acids is 1. The molecule has 0 radical (unpaired) electrons. The Labute approximate surface area is 111 Å². The number of hydrogen-bond donors (Lipinski definition) is 1. The standard InChI is InChI=1S/C12H10BrNO2S/c13-10-5-6-17-11(10)7-16-9-3-1-8(2-4-9)12(14)15/h1-6H,7H2,(H2,14,15). The Morgan fingerprint density at radius 3 is 2.53 bits per heavy atom. The predicted octanol–water partition coefficient (Wildman–Crippen LogP) is 3.19. The summed E-state index contributed by atoms with van der Waals surface area (Å²) in [6, 6.07) is 8.77. The molecule has 1 aromatic heterocycles. The van der Waals surface area contributed by atoms with Crippen LogP contribution in [-0.2, 0) is 6.61 Å². The van der Waals surface area contributed by atoms with Crippen LogP contribution in [0.2, 0.25) is 0 Å². The number of amides is 1. The third-order valence-electron chi connectivity index (χ3n) is 2.20. The average molecular weight is 312 g/mol. The van der Waals surface area contributed by atoms with Crippen LogP contribution in [0.4, 0.5) is 0 Å². The maximum absolute atomic E-state index is 10.9. The number of benzene rings is 1. The van der Waals surface area contributed by atoms with Crippen molar-refractivity contribution in [2.45, 2.75) is 6.61 Å². The highest BCUT2D eigenvalue weighted by molar-refractivity contribution is 9.10. The SMILES string of the molecule is NC(=O)c1ccc(OCc2sccc2Br)cc1. The van der Waals surface area contributed by atoms with E-state index in [4.69, 9.17) is 10.5 Å². The second kappa shape index (κ2) is 5.33. The molecule has 0 aliphatic carbocycles. The largest absolute Gasteiger partial charge is 0.488 e. The third-order valence-corrected chi connectivity index (χ3v) is 4.10. The predicted molar refractivity (Wildman–Crippen MR) is 71.3 cm³/mol. The average Bonchev–Trinajstić information content (AvgIpc) is 2.73. The van der Waals surface area contributed by atoms with Crippen LogP contribution in [0.25, 0.3) is 0 Å². The van der Waals surface area contributed by atoms with Crippen molar-refractivity contribution >= 4 is 33.2 Å². The van der Waals surface area contributed by atoms with Gasteiger partial charge < -0.3 is 10.5 Å². The smallest absolute Gasteiger partial charge is 0.248 e. The Morgan fingerprint density at radius 1 is 1.29 bits per heavy atom. The van der Waals surface area contributed by atoms with Gasteiger partial charge in [-0.25, -0.2) is 0 Å². The number of nitrogens with two attached hydrogens (primary N) is 1. The summed E-state index contributed by atoms with van der Waals surface area (Å²) in [6.45, 7) is 0.508. The highest BCUT2D eigenvalue weighted by atomic mass is 79.9. The second-order valence-corrected chi connectivity index (χ2v) is 5.22. The van der Waals surface area contributed by atoms with Crippen molar-refractivity contribution in [3.05, 3.63) is 50.6 Å². The van der Waals surface area contributed by atoms with E-state index in [0.29, 0.717) is 12.2 Å². The summed E-state index contributed by atoms with van der Waals surface area (Å²) in [5.74, 6) is 0.285. The summed E-state index contributed by atoms with van der Waals surface area (Å²) in [4.78, 5) is 12.0. The monoisotopic (exact) mass is 311 g/mol. The molecule has 1 heterocycles. The topological polar surface area (TPSA) is 52.3 Å². The molecule has 0 fully saturated rings. The van der Waals surface area contributed by atoms with E-state index in [0.717, 1.165) is 15.1 Å². The zero-order valence-corrected chi connectivity index (χ0v) is 11.3. The highest BCUT2D eigenvalue weighted by Gasteiger charge is 2.03. The van der Waals surface area contributed by atoms with Crippen molar-refractivity contribution in [1.29, 1.82) is 0 Å². The molecule has 0 aliphatic rings. The molecule has 1 amide bonds. The van der Waals surface area contributed by atoms with Crippen molar-refractivity contribution < 1.29 is 9.53 Å². The molecular weight excluding hydrogens is 302 g/mol. The van der Waals surface area contributed by atoms with Crippen LogP contribution >= 0.6 is 27.3 Å². The molecule has 0 spiro atoms. The molecule has 2 aromatic rings. The molecular formula is C12H10BrNO2S. The molecule has 0 aliphatic heterocycles. The summed E-state index contributed by atoms with van der Waals surface area (Å²) >= 11 is 5.07. The number of ether oxygens (including phenoxy) is 1. The molecule has 0 saturated carbocycles. The zero-order chi connectivity index (χ0) is 12.3. The molecule has 0 saturated heterocycles. The van der Waals surface area contributed by atoms with Gasteiger partial charge in [-0.1, -0.05) is 0 Å². The van der Waals surface area contributed by atoms with E-state index in [2.05, 4.69) is 15.9 Å². The number of rotatable bonds is 4. The third kappa shape index (κ3) is 3.08. The summed E-state index contributed by atoms with van der Waals surface area (Å²) in [6.07, 6.45) is 0. The first-order chi connectivity index (χ1) is 8.16. The number of primary amides is 1. The Morgan fingerprint density at radius 2 is 2.00 bits per heavy atom. The van der Waals surface area contributed by atoms with Crippen LogP contribution in [0.1, 0.15) is 15.2 Å². The van der Waals surface area contributed by atoms with E-state index in [1.54, 1.807) is 35.6 Å². The normalized spacial score (nSPS) is 10.2. The van der Waals surface area contributed by atoms with Gasteiger partial charge in [-0.2, -0.15) is 0 Å². The van der Waals surface area contributed by atoms with Gasteiger partial charge >= 0.3 is 0 Å². The first-order valence-corrected chi connectivity index (χ1v) is 6.58. The lowest BCUT2D eigenvalue weighted by atomic mass is 10.2. The van der Waals surface area contributed by atoms with Gasteiger partial charge in [0, 0.05) is 10.0 Å². The minimum atomic E-state index is -0.433. The quantitative estimate of drug-likeness (QED) is 0.942. The van der Waals surface area contributed by atoms with E-state index >= 15 is 0 Å². The maximum Gasteiger partial charge on any atom is 0.248 e. The molecule has 2 rings (SSSR count). The lowest BCUT2D eigenvalue weighted by Crippen LogP contribution is -2.10. The highest BCUT2D eigenvalue weighted by Crippen LogP contribution is 2.24. The van der Waals surface area contributed by atoms with Crippen molar-refractivity contribution in [3.8, 4) is 5.75 Å². The number of carbonyl (C=O) groups is 1. The van der Waals surface area contributed by atoms with Crippen molar-refractivity contribution in [3.63, 3.8) is 0 Å².